The Labute approximate surface area is 174 Å². The van der Waals surface area contributed by atoms with Gasteiger partial charge < -0.3 is 14.9 Å². The third-order valence-electron chi connectivity index (χ3n) is 6.54. The fourth-order valence-corrected chi connectivity index (χ4v) is 5.07. The number of hydrogen-bond donors (Lipinski definition) is 1. The smallest absolute Gasteiger partial charge is 0.254 e. The minimum atomic E-state index is -1.15. The number of benzene rings is 1. The van der Waals surface area contributed by atoms with Crippen LogP contribution in [0.3, 0.4) is 0 Å². The fraction of sp³-hybridized carbons (Fsp3) is 0.650. The van der Waals surface area contributed by atoms with Crippen molar-refractivity contribution in [3.63, 3.8) is 0 Å². The lowest BCUT2D eigenvalue weighted by Gasteiger charge is -2.38. The molecule has 3 aliphatic rings. The van der Waals surface area contributed by atoms with Crippen LogP contribution in [-0.2, 0) is 4.79 Å². The van der Waals surface area contributed by atoms with Gasteiger partial charge in [0.15, 0.2) is 0 Å². The number of likely N-dealkylation sites (tertiary alicyclic amines) is 3. The molecular formula is C20H31Cl2N3O2. The average molecular weight is 416 g/mol. The van der Waals surface area contributed by atoms with E-state index in [4.69, 9.17) is 0 Å². The summed E-state index contributed by atoms with van der Waals surface area (Å²) in [6, 6.07) is 11.0. The predicted molar refractivity (Wildman–Crippen MR) is 112 cm³/mol. The number of rotatable bonds is 2. The zero-order chi connectivity index (χ0) is 17.6. The quantitative estimate of drug-likeness (QED) is 0.802. The van der Waals surface area contributed by atoms with E-state index in [9.17, 15) is 9.90 Å². The Balaban J connectivity index is 0.00000131. The average Bonchev–Trinajstić information content (AvgIpc) is 3.14. The van der Waals surface area contributed by atoms with Crippen LogP contribution >= 0.6 is 24.8 Å². The van der Waals surface area contributed by atoms with Crippen LogP contribution in [0, 0.1) is 11.8 Å². The second kappa shape index (κ2) is 8.66. The Bertz CT molecular complexity index is 637. The molecule has 0 aromatic heterocycles. The number of carbonyl (C=O) groups excluding carboxylic acids is 1. The molecule has 0 unspecified atom stereocenters. The molecule has 3 aliphatic heterocycles. The van der Waals surface area contributed by atoms with Gasteiger partial charge in [0.25, 0.3) is 5.91 Å². The summed E-state index contributed by atoms with van der Waals surface area (Å²) in [5.74, 6) is 0.935. The molecule has 3 atom stereocenters. The van der Waals surface area contributed by atoms with Crippen LogP contribution in [0.5, 0.6) is 0 Å². The minimum Gasteiger partial charge on any atom is -0.380 e. The van der Waals surface area contributed by atoms with Gasteiger partial charge in [-0.05, 0) is 38.4 Å². The van der Waals surface area contributed by atoms with Gasteiger partial charge in [0.2, 0.25) is 0 Å². The van der Waals surface area contributed by atoms with Gasteiger partial charge in [0, 0.05) is 44.7 Å². The zero-order valence-corrected chi connectivity index (χ0v) is 17.7. The number of hydrogen-bond acceptors (Lipinski definition) is 4. The second-order valence-electron chi connectivity index (χ2n) is 8.26. The molecule has 152 valence electrons. The van der Waals surface area contributed by atoms with Crippen LogP contribution in [0.2, 0.25) is 0 Å². The zero-order valence-electron chi connectivity index (χ0n) is 16.1. The Morgan fingerprint density at radius 1 is 1.04 bits per heavy atom. The number of piperidine rings is 1. The van der Waals surface area contributed by atoms with Crippen molar-refractivity contribution < 1.29 is 9.90 Å². The molecule has 0 radical (unpaired) electrons. The maximum atomic E-state index is 13.0. The van der Waals surface area contributed by atoms with Gasteiger partial charge in [-0.15, -0.1) is 24.8 Å². The maximum Gasteiger partial charge on any atom is 0.254 e. The molecule has 3 saturated heterocycles. The molecule has 0 spiro atoms. The van der Waals surface area contributed by atoms with E-state index < -0.39 is 5.60 Å². The van der Waals surface area contributed by atoms with Gasteiger partial charge in [-0.3, -0.25) is 9.69 Å². The summed E-state index contributed by atoms with van der Waals surface area (Å²) in [4.78, 5) is 19.6. The molecule has 5 nitrogen and oxygen atoms in total. The van der Waals surface area contributed by atoms with Crippen molar-refractivity contribution in [2.75, 3.05) is 46.8 Å². The maximum absolute atomic E-state index is 13.0. The van der Waals surface area contributed by atoms with Gasteiger partial charge in [0.05, 0.1) is 0 Å². The largest absolute Gasteiger partial charge is 0.380 e. The van der Waals surface area contributed by atoms with Crippen molar-refractivity contribution in [1.29, 1.82) is 0 Å². The van der Waals surface area contributed by atoms with E-state index in [0.29, 0.717) is 30.7 Å². The van der Waals surface area contributed by atoms with Crippen LogP contribution in [0.1, 0.15) is 24.4 Å². The fourth-order valence-electron chi connectivity index (χ4n) is 5.07. The van der Waals surface area contributed by atoms with E-state index in [1.807, 2.05) is 11.9 Å². The lowest BCUT2D eigenvalue weighted by atomic mass is 9.89. The molecule has 3 heterocycles. The van der Waals surface area contributed by atoms with Crippen molar-refractivity contribution in [2.45, 2.75) is 24.5 Å². The second-order valence-corrected chi connectivity index (χ2v) is 8.26. The normalized spacial score (nSPS) is 30.3. The van der Waals surface area contributed by atoms with E-state index in [-0.39, 0.29) is 30.7 Å². The first-order valence-electron chi connectivity index (χ1n) is 9.43. The predicted octanol–water partition coefficient (Wildman–Crippen LogP) is 2.05. The van der Waals surface area contributed by atoms with E-state index >= 15 is 0 Å². The van der Waals surface area contributed by atoms with Crippen molar-refractivity contribution in [3.8, 4) is 0 Å². The lowest BCUT2D eigenvalue weighted by molar-refractivity contribution is -0.155. The Hall–Kier alpha value is -0.850. The first-order chi connectivity index (χ1) is 12.0. The van der Waals surface area contributed by atoms with Crippen LogP contribution in [0.15, 0.2) is 30.3 Å². The summed E-state index contributed by atoms with van der Waals surface area (Å²) in [6.45, 7) is 4.16. The number of nitrogens with zero attached hydrogens (tertiary/aromatic N) is 3. The minimum absolute atomic E-state index is 0. The Kier molecular flexibility index (Phi) is 7.20. The lowest BCUT2D eigenvalue weighted by Crippen LogP contribution is -2.54. The number of fused-ring (bicyclic) bond motifs is 1. The summed E-state index contributed by atoms with van der Waals surface area (Å²) in [5, 5.41) is 10.9. The molecule has 1 amide bonds. The molecule has 4 rings (SSSR count). The van der Waals surface area contributed by atoms with Gasteiger partial charge in [-0.2, -0.15) is 0 Å². The molecule has 1 aromatic rings. The summed E-state index contributed by atoms with van der Waals surface area (Å²) in [6.07, 6.45) is 1.10. The van der Waals surface area contributed by atoms with Gasteiger partial charge in [-0.25, -0.2) is 0 Å². The summed E-state index contributed by atoms with van der Waals surface area (Å²) < 4.78 is 0. The van der Waals surface area contributed by atoms with Crippen LogP contribution in [0.25, 0.3) is 0 Å². The summed E-state index contributed by atoms with van der Waals surface area (Å²) in [7, 11) is 4.23. The Morgan fingerprint density at radius 3 is 2.30 bits per heavy atom. The molecular weight excluding hydrogens is 385 g/mol. The van der Waals surface area contributed by atoms with E-state index in [1.54, 1.807) is 0 Å². The molecule has 0 aliphatic carbocycles. The van der Waals surface area contributed by atoms with Crippen LogP contribution in [-0.4, -0.2) is 78.1 Å². The van der Waals surface area contributed by atoms with E-state index in [0.717, 1.165) is 32.7 Å². The number of aliphatic hydroxyl groups is 1. The van der Waals surface area contributed by atoms with Crippen molar-refractivity contribution in [3.05, 3.63) is 35.9 Å². The first-order valence-corrected chi connectivity index (χ1v) is 9.43. The van der Waals surface area contributed by atoms with E-state index in [2.05, 4.69) is 47.2 Å². The molecule has 1 N–H and O–H groups in total. The van der Waals surface area contributed by atoms with E-state index in [1.165, 1.54) is 5.56 Å². The standard InChI is InChI=1S/C20H29N3O2.2ClH/c1-21-10-8-20(25,9-11-21)19(24)23-13-16-12-22(2)18(17(16)14-23)15-6-4-3-5-7-15;;/h3-7,16-18,25H,8-14H2,1-2H3;2*1H/t16-,17+,18-;;/m0../s1. The highest BCUT2D eigenvalue weighted by molar-refractivity contribution is 5.86. The first kappa shape index (κ1) is 22.4. The highest BCUT2D eigenvalue weighted by Crippen LogP contribution is 2.44. The SMILES string of the molecule is CN1CCC(O)(C(=O)N2C[C@@H]3CN(C)[C@@H](c4ccccc4)[C@@H]3C2)CC1.Cl.Cl. The number of amides is 1. The van der Waals surface area contributed by atoms with Gasteiger partial charge in [0.1, 0.15) is 5.60 Å². The highest BCUT2D eigenvalue weighted by atomic mass is 35.5. The van der Waals surface area contributed by atoms with Gasteiger partial charge >= 0.3 is 0 Å². The van der Waals surface area contributed by atoms with Crippen LogP contribution in [0.4, 0.5) is 0 Å². The Morgan fingerprint density at radius 2 is 1.67 bits per heavy atom. The van der Waals surface area contributed by atoms with Crippen molar-refractivity contribution in [1.82, 2.24) is 14.7 Å². The third kappa shape index (κ3) is 4.13. The van der Waals surface area contributed by atoms with Gasteiger partial charge in [-0.1, -0.05) is 30.3 Å². The topological polar surface area (TPSA) is 47.0 Å². The third-order valence-corrected chi connectivity index (χ3v) is 6.54. The number of carbonyl (C=O) groups is 1. The molecule has 0 saturated carbocycles. The van der Waals surface area contributed by atoms with Crippen LogP contribution < -0.4 is 0 Å². The summed E-state index contributed by atoms with van der Waals surface area (Å²) >= 11 is 0. The monoisotopic (exact) mass is 415 g/mol. The highest BCUT2D eigenvalue weighted by Gasteiger charge is 2.50. The van der Waals surface area contributed by atoms with Crippen molar-refractivity contribution >= 4 is 30.7 Å². The molecule has 0 bridgehead atoms. The summed E-state index contributed by atoms with van der Waals surface area (Å²) in [5.41, 5.74) is 0.184. The molecule has 27 heavy (non-hydrogen) atoms. The molecule has 3 fully saturated rings. The number of halogens is 2. The molecule has 1 aromatic carbocycles. The molecule has 7 heteroatoms. The van der Waals surface area contributed by atoms with Crippen molar-refractivity contribution in [2.24, 2.45) is 11.8 Å².